The minimum absolute atomic E-state index is 0.178. The number of benzene rings is 1. The Kier molecular flexibility index (Phi) is 4.95. The van der Waals surface area contributed by atoms with Gasteiger partial charge in [-0.3, -0.25) is 4.98 Å². The number of aromatic nitrogens is 2. The first kappa shape index (κ1) is 19.0. The number of hydrogen-bond donors (Lipinski definition) is 2. The Morgan fingerprint density at radius 2 is 1.93 bits per heavy atom. The van der Waals surface area contributed by atoms with E-state index in [0.29, 0.717) is 53.6 Å². The molecule has 4 rings (SSSR count). The summed E-state index contributed by atoms with van der Waals surface area (Å²) in [5, 5.41) is 14.2. The lowest BCUT2D eigenvalue weighted by molar-refractivity contribution is 0.120. The second-order valence-corrected chi connectivity index (χ2v) is 9.05. The predicted molar refractivity (Wildman–Crippen MR) is 105 cm³/mol. The van der Waals surface area contributed by atoms with Crippen molar-refractivity contribution in [1.82, 2.24) is 14.9 Å². The summed E-state index contributed by atoms with van der Waals surface area (Å²) in [7, 11) is -3.77. The lowest BCUT2D eigenvalue weighted by atomic mass is 9.94. The summed E-state index contributed by atoms with van der Waals surface area (Å²) in [6.07, 6.45) is 3.77. The molecule has 2 aromatic heterocycles. The van der Waals surface area contributed by atoms with Crippen LogP contribution in [0, 0.1) is 13.8 Å². The van der Waals surface area contributed by atoms with Crippen LogP contribution in [-0.2, 0) is 10.0 Å². The van der Waals surface area contributed by atoms with Crippen molar-refractivity contribution in [1.29, 1.82) is 0 Å². The number of sulfonamides is 1. The number of aryl methyl sites for hydroxylation is 2. The number of nitrogens with zero attached hydrogens (tertiary/aromatic N) is 2. The molecule has 1 fully saturated rings. The SMILES string of the molecule is Cc1noc(C)c1-c1cc(S(=O)(=O)NC2CCC(O)CC2)c2cccnc2c1. The van der Waals surface area contributed by atoms with E-state index in [2.05, 4.69) is 14.9 Å². The van der Waals surface area contributed by atoms with E-state index in [1.54, 1.807) is 31.3 Å². The molecule has 0 aliphatic heterocycles. The van der Waals surface area contributed by atoms with E-state index in [1.807, 2.05) is 13.0 Å². The molecule has 3 aromatic rings. The highest BCUT2D eigenvalue weighted by atomic mass is 32.2. The van der Waals surface area contributed by atoms with Gasteiger partial charge < -0.3 is 9.63 Å². The van der Waals surface area contributed by atoms with E-state index in [9.17, 15) is 13.5 Å². The molecule has 0 amide bonds. The number of pyridine rings is 1. The summed E-state index contributed by atoms with van der Waals surface area (Å²) < 4.78 is 34.6. The van der Waals surface area contributed by atoms with Gasteiger partial charge >= 0.3 is 0 Å². The Morgan fingerprint density at radius 3 is 2.61 bits per heavy atom. The standard InChI is InChI=1S/C20H23N3O4S/c1-12-20(13(2)27-22-12)14-10-18-17(4-3-9-21-18)19(11-14)28(25,26)23-15-5-7-16(24)8-6-15/h3-4,9-11,15-16,23-24H,5-8H2,1-2H3. The average molecular weight is 401 g/mol. The molecule has 0 spiro atoms. The van der Waals surface area contributed by atoms with Gasteiger partial charge in [0.05, 0.1) is 22.2 Å². The zero-order chi connectivity index (χ0) is 19.9. The average Bonchev–Trinajstić information content (AvgIpc) is 3.01. The number of aliphatic hydroxyl groups is 1. The molecule has 148 valence electrons. The summed E-state index contributed by atoms with van der Waals surface area (Å²) in [5.41, 5.74) is 2.79. The van der Waals surface area contributed by atoms with E-state index in [4.69, 9.17) is 4.52 Å². The molecular weight excluding hydrogens is 378 g/mol. The maximum Gasteiger partial charge on any atom is 0.241 e. The molecule has 1 aromatic carbocycles. The third-order valence-electron chi connectivity index (χ3n) is 5.31. The second kappa shape index (κ2) is 7.27. The van der Waals surface area contributed by atoms with Crippen molar-refractivity contribution in [2.24, 2.45) is 0 Å². The Bertz CT molecular complexity index is 1100. The van der Waals surface area contributed by atoms with Crippen LogP contribution in [0.2, 0.25) is 0 Å². The number of nitrogens with one attached hydrogen (secondary N) is 1. The third kappa shape index (κ3) is 3.55. The maximum atomic E-state index is 13.2. The summed E-state index contributed by atoms with van der Waals surface area (Å²) in [4.78, 5) is 4.56. The maximum absolute atomic E-state index is 13.2. The van der Waals surface area contributed by atoms with Gasteiger partial charge in [0.15, 0.2) is 0 Å². The Balaban J connectivity index is 1.81. The largest absolute Gasteiger partial charge is 0.393 e. The molecular formula is C20H23N3O4S. The predicted octanol–water partition coefficient (Wildman–Crippen LogP) is 3.09. The monoisotopic (exact) mass is 401 g/mol. The second-order valence-electron chi connectivity index (χ2n) is 7.37. The van der Waals surface area contributed by atoms with Crippen LogP contribution in [0.4, 0.5) is 0 Å². The highest BCUT2D eigenvalue weighted by Crippen LogP contribution is 2.33. The van der Waals surface area contributed by atoms with Crippen LogP contribution in [0.25, 0.3) is 22.0 Å². The fraction of sp³-hybridized carbons (Fsp3) is 0.400. The minimum Gasteiger partial charge on any atom is -0.393 e. The van der Waals surface area contributed by atoms with Crippen molar-refractivity contribution in [3.05, 3.63) is 41.9 Å². The molecule has 8 heteroatoms. The van der Waals surface area contributed by atoms with Crippen molar-refractivity contribution < 1.29 is 18.0 Å². The molecule has 0 saturated heterocycles. The number of hydrogen-bond acceptors (Lipinski definition) is 6. The molecule has 1 saturated carbocycles. The van der Waals surface area contributed by atoms with Gasteiger partial charge in [-0.05, 0) is 69.4 Å². The quantitative estimate of drug-likeness (QED) is 0.696. The van der Waals surface area contributed by atoms with Gasteiger partial charge in [0.25, 0.3) is 0 Å². The highest BCUT2D eigenvalue weighted by molar-refractivity contribution is 7.89. The van der Waals surface area contributed by atoms with Gasteiger partial charge in [0.2, 0.25) is 10.0 Å². The normalized spacial score (nSPS) is 20.5. The first-order valence-corrected chi connectivity index (χ1v) is 10.9. The fourth-order valence-electron chi connectivity index (χ4n) is 3.89. The van der Waals surface area contributed by atoms with Crippen LogP contribution in [-0.4, -0.2) is 35.8 Å². The number of rotatable bonds is 4. The lowest BCUT2D eigenvalue weighted by Gasteiger charge is -2.26. The van der Waals surface area contributed by atoms with Crippen molar-refractivity contribution in [3.8, 4) is 11.1 Å². The van der Waals surface area contributed by atoms with Crippen molar-refractivity contribution in [2.45, 2.75) is 56.6 Å². The molecule has 0 atom stereocenters. The summed E-state index contributed by atoms with van der Waals surface area (Å²) in [6, 6.07) is 6.84. The number of aliphatic hydroxyl groups excluding tert-OH is 1. The van der Waals surface area contributed by atoms with E-state index < -0.39 is 10.0 Å². The highest BCUT2D eigenvalue weighted by Gasteiger charge is 2.27. The van der Waals surface area contributed by atoms with Gasteiger partial charge in [0, 0.05) is 23.2 Å². The summed E-state index contributed by atoms with van der Waals surface area (Å²) in [6.45, 7) is 3.63. The molecule has 0 bridgehead atoms. The Hall–Kier alpha value is -2.29. The van der Waals surface area contributed by atoms with E-state index in [1.165, 1.54) is 0 Å². The minimum atomic E-state index is -3.77. The third-order valence-corrected chi connectivity index (χ3v) is 6.87. The summed E-state index contributed by atoms with van der Waals surface area (Å²) >= 11 is 0. The van der Waals surface area contributed by atoms with E-state index >= 15 is 0 Å². The van der Waals surface area contributed by atoms with Crippen LogP contribution < -0.4 is 4.72 Å². The van der Waals surface area contributed by atoms with Crippen LogP contribution >= 0.6 is 0 Å². The lowest BCUT2D eigenvalue weighted by Crippen LogP contribution is -2.38. The van der Waals surface area contributed by atoms with Gasteiger partial charge in [-0.15, -0.1) is 0 Å². The number of fused-ring (bicyclic) bond motifs is 1. The fourth-order valence-corrected chi connectivity index (χ4v) is 5.43. The van der Waals surface area contributed by atoms with Crippen molar-refractivity contribution in [3.63, 3.8) is 0 Å². The van der Waals surface area contributed by atoms with Gasteiger partial charge in [0.1, 0.15) is 5.76 Å². The zero-order valence-electron chi connectivity index (χ0n) is 15.8. The molecule has 7 nitrogen and oxygen atoms in total. The molecule has 1 aliphatic rings. The molecule has 0 unspecified atom stereocenters. The summed E-state index contributed by atoms with van der Waals surface area (Å²) in [5.74, 6) is 0.630. The van der Waals surface area contributed by atoms with Gasteiger partial charge in [-0.25, -0.2) is 13.1 Å². The van der Waals surface area contributed by atoms with Crippen LogP contribution in [0.1, 0.15) is 37.1 Å². The van der Waals surface area contributed by atoms with E-state index in [0.717, 1.165) is 5.56 Å². The smallest absolute Gasteiger partial charge is 0.241 e. The zero-order valence-corrected chi connectivity index (χ0v) is 16.7. The van der Waals surface area contributed by atoms with E-state index in [-0.39, 0.29) is 17.0 Å². The molecule has 28 heavy (non-hydrogen) atoms. The first-order valence-electron chi connectivity index (χ1n) is 9.37. The molecule has 0 radical (unpaired) electrons. The molecule has 2 N–H and O–H groups in total. The van der Waals surface area contributed by atoms with Gasteiger partial charge in [-0.1, -0.05) is 5.16 Å². The van der Waals surface area contributed by atoms with Gasteiger partial charge in [-0.2, -0.15) is 0 Å². The van der Waals surface area contributed by atoms with Crippen molar-refractivity contribution >= 4 is 20.9 Å². The molecule has 2 heterocycles. The Labute approximate surface area is 163 Å². The Morgan fingerprint density at radius 1 is 1.18 bits per heavy atom. The van der Waals surface area contributed by atoms with Crippen LogP contribution in [0.5, 0.6) is 0 Å². The van der Waals surface area contributed by atoms with Crippen LogP contribution in [0.15, 0.2) is 39.9 Å². The molecule has 1 aliphatic carbocycles. The van der Waals surface area contributed by atoms with Crippen molar-refractivity contribution in [2.75, 3.05) is 0 Å². The topological polar surface area (TPSA) is 105 Å². The van der Waals surface area contributed by atoms with Crippen LogP contribution in [0.3, 0.4) is 0 Å². The first-order chi connectivity index (χ1) is 13.3.